The van der Waals surface area contributed by atoms with E-state index < -0.39 is 14.7 Å². The third-order valence-electron chi connectivity index (χ3n) is 0.780. The van der Waals surface area contributed by atoms with Crippen molar-refractivity contribution in [3.63, 3.8) is 0 Å². The third kappa shape index (κ3) is 5.27. The summed E-state index contributed by atoms with van der Waals surface area (Å²) < 4.78 is 27.1. The van der Waals surface area contributed by atoms with Crippen LogP contribution in [-0.4, -0.2) is 24.6 Å². The number of halogens is 2. The first-order valence-corrected chi connectivity index (χ1v) is 8.38. The van der Waals surface area contributed by atoms with Gasteiger partial charge < -0.3 is 0 Å². The SMILES string of the molecule is CP(=O)(CCl)OP(C)(=O)CCl. The summed E-state index contributed by atoms with van der Waals surface area (Å²) in [5, 5.41) is 0. The molecule has 3 nitrogen and oxygen atoms in total. The first-order chi connectivity index (χ1) is 4.83. The van der Waals surface area contributed by atoms with Gasteiger partial charge in [-0.3, -0.25) is 13.4 Å². The van der Waals surface area contributed by atoms with Gasteiger partial charge in [0.1, 0.15) is 0 Å². The van der Waals surface area contributed by atoms with Crippen molar-refractivity contribution in [3.8, 4) is 0 Å². The predicted molar refractivity (Wildman–Crippen MR) is 49.6 cm³/mol. The highest BCUT2D eigenvalue weighted by Gasteiger charge is 2.25. The summed E-state index contributed by atoms with van der Waals surface area (Å²) in [6.07, 6.45) is 0. The Morgan fingerprint density at radius 3 is 1.55 bits per heavy atom. The zero-order valence-corrected chi connectivity index (χ0v) is 9.59. The summed E-state index contributed by atoms with van der Waals surface area (Å²) in [4.78, 5) is 0. The second-order valence-electron chi connectivity index (χ2n) is 2.35. The highest BCUT2D eigenvalue weighted by molar-refractivity contribution is 7.72. The van der Waals surface area contributed by atoms with E-state index in [-0.39, 0.29) is 11.2 Å². The molecule has 0 aliphatic carbocycles. The van der Waals surface area contributed by atoms with Crippen LogP contribution in [-0.2, 0) is 13.4 Å². The van der Waals surface area contributed by atoms with Crippen LogP contribution in [0.2, 0.25) is 0 Å². The van der Waals surface area contributed by atoms with E-state index in [2.05, 4.69) is 0 Å². The van der Waals surface area contributed by atoms with Crippen LogP contribution in [0.3, 0.4) is 0 Å². The van der Waals surface area contributed by atoms with E-state index in [1.54, 1.807) is 0 Å². The van der Waals surface area contributed by atoms with Gasteiger partial charge in [-0.05, 0) is 0 Å². The highest BCUT2D eigenvalue weighted by Crippen LogP contribution is 2.60. The molecule has 0 rings (SSSR count). The van der Waals surface area contributed by atoms with Crippen molar-refractivity contribution in [1.82, 2.24) is 0 Å². The summed E-state index contributed by atoms with van der Waals surface area (Å²) in [7, 11) is -5.79. The number of hydrogen-bond donors (Lipinski definition) is 0. The minimum atomic E-state index is -2.89. The second kappa shape index (κ2) is 4.30. The van der Waals surface area contributed by atoms with Crippen LogP contribution in [0.15, 0.2) is 0 Å². The predicted octanol–water partition coefficient (Wildman–Crippen LogP) is 3.21. The molecule has 0 amide bonds. The Morgan fingerprint density at radius 2 is 1.36 bits per heavy atom. The number of hydrogen-bond acceptors (Lipinski definition) is 3. The van der Waals surface area contributed by atoms with E-state index in [1.165, 1.54) is 13.3 Å². The van der Waals surface area contributed by atoms with Crippen molar-refractivity contribution in [2.75, 3.05) is 24.6 Å². The van der Waals surface area contributed by atoms with Gasteiger partial charge in [0, 0.05) is 13.3 Å². The van der Waals surface area contributed by atoms with Gasteiger partial charge in [0.2, 0.25) is 14.7 Å². The van der Waals surface area contributed by atoms with Crippen LogP contribution in [0, 0.1) is 0 Å². The molecular formula is C4H10Cl2O3P2. The lowest BCUT2D eigenvalue weighted by Gasteiger charge is -2.15. The van der Waals surface area contributed by atoms with Crippen LogP contribution >= 0.6 is 37.9 Å². The van der Waals surface area contributed by atoms with E-state index in [1.807, 2.05) is 0 Å². The Morgan fingerprint density at radius 1 is 1.09 bits per heavy atom. The molecule has 0 saturated heterocycles. The minimum absolute atomic E-state index is 0.137. The van der Waals surface area contributed by atoms with Gasteiger partial charge in [0.25, 0.3) is 0 Å². The maximum atomic E-state index is 11.2. The van der Waals surface area contributed by atoms with Gasteiger partial charge in [0.15, 0.2) is 0 Å². The summed E-state index contributed by atoms with van der Waals surface area (Å²) in [6.45, 7) is 2.67. The van der Waals surface area contributed by atoms with E-state index in [4.69, 9.17) is 27.5 Å². The first kappa shape index (κ1) is 12.0. The molecule has 0 radical (unpaired) electrons. The van der Waals surface area contributed by atoms with Crippen LogP contribution in [0.25, 0.3) is 0 Å². The monoisotopic (exact) mass is 238 g/mol. The van der Waals surface area contributed by atoms with Crippen molar-refractivity contribution < 1.29 is 13.4 Å². The van der Waals surface area contributed by atoms with Gasteiger partial charge in [-0.15, -0.1) is 23.2 Å². The van der Waals surface area contributed by atoms with Gasteiger partial charge in [0.05, 0.1) is 11.2 Å². The molecule has 2 atom stereocenters. The molecular weight excluding hydrogens is 229 g/mol. The van der Waals surface area contributed by atoms with Gasteiger partial charge in [-0.1, -0.05) is 0 Å². The maximum absolute atomic E-state index is 11.2. The van der Waals surface area contributed by atoms with Crippen molar-refractivity contribution in [2.24, 2.45) is 0 Å². The normalized spacial score (nSPS) is 22.2. The van der Waals surface area contributed by atoms with E-state index in [0.717, 1.165) is 0 Å². The molecule has 0 aliphatic rings. The molecule has 0 aliphatic heterocycles. The fourth-order valence-corrected chi connectivity index (χ4v) is 4.47. The fourth-order valence-electron chi connectivity index (χ4n) is 0.409. The Balaban J connectivity index is 4.26. The molecule has 0 saturated carbocycles. The van der Waals surface area contributed by atoms with Crippen molar-refractivity contribution in [2.45, 2.75) is 0 Å². The van der Waals surface area contributed by atoms with E-state index >= 15 is 0 Å². The van der Waals surface area contributed by atoms with Crippen molar-refractivity contribution >= 4 is 37.9 Å². The molecule has 0 spiro atoms. The average Bonchev–Trinajstić information content (AvgIpc) is 1.86. The zero-order chi connectivity index (χ0) is 9.12. The Bertz CT molecular complexity index is 195. The Labute approximate surface area is 76.3 Å². The molecule has 0 N–H and O–H groups in total. The molecule has 0 fully saturated rings. The summed E-state index contributed by atoms with van der Waals surface area (Å²) >= 11 is 10.6. The zero-order valence-electron chi connectivity index (χ0n) is 6.29. The Kier molecular flexibility index (Phi) is 4.69. The van der Waals surface area contributed by atoms with Crippen LogP contribution < -0.4 is 0 Å². The van der Waals surface area contributed by atoms with Crippen LogP contribution in [0.5, 0.6) is 0 Å². The Hall–Kier alpha value is 1.00. The molecule has 7 heteroatoms. The number of alkyl halides is 2. The van der Waals surface area contributed by atoms with Crippen molar-refractivity contribution in [1.29, 1.82) is 0 Å². The lowest BCUT2D eigenvalue weighted by molar-refractivity contribution is 0.471. The molecule has 11 heavy (non-hydrogen) atoms. The highest BCUT2D eigenvalue weighted by atomic mass is 35.5. The minimum Gasteiger partial charge on any atom is -0.292 e. The standard InChI is InChI=1S/C4H10Cl2O3P2/c1-10(7,3-5)9-11(2,8)4-6/h3-4H2,1-2H3. The molecule has 0 heterocycles. The average molecular weight is 239 g/mol. The molecule has 0 aromatic rings. The third-order valence-corrected chi connectivity index (χ3v) is 7.02. The molecule has 2 unspecified atom stereocenters. The quantitative estimate of drug-likeness (QED) is 0.558. The largest absolute Gasteiger partial charge is 0.292 e. The smallest absolute Gasteiger partial charge is 0.220 e. The molecule has 0 aromatic heterocycles. The lowest BCUT2D eigenvalue weighted by Crippen LogP contribution is -1.89. The van der Waals surface area contributed by atoms with Gasteiger partial charge in [-0.2, -0.15) is 0 Å². The summed E-state index contributed by atoms with van der Waals surface area (Å²) in [5.74, 6) is 0. The first-order valence-electron chi connectivity index (χ1n) is 2.79. The van der Waals surface area contributed by atoms with E-state index in [0.29, 0.717) is 0 Å². The van der Waals surface area contributed by atoms with Gasteiger partial charge >= 0.3 is 0 Å². The lowest BCUT2D eigenvalue weighted by atomic mass is 11.9. The van der Waals surface area contributed by atoms with Crippen LogP contribution in [0.1, 0.15) is 0 Å². The fraction of sp³-hybridized carbons (Fsp3) is 1.00. The second-order valence-corrected chi connectivity index (χ2v) is 8.97. The molecule has 0 bridgehead atoms. The van der Waals surface area contributed by atoms with E-state index in [9.17, 15) is 9.13 Å². The summed E-state index contributed by atoms with van der Waals surface area (Å²) in [5.41, 5.74) is -0.274. The molecule has 0 aromatic carbocycles. The maximum Gasteiger partial charge on any atom is 0.220 e. The van der Waals surface area contributed by atoms with Gasteiger partial charge in [-0.25, -0.2) is 0 Å². The topological polar surface area (TPSA) is 43.4 Å². The van der Waals surface area contributed by atoms with Crippen molar-refractivity contribution in [3.05, 3.63) is 0 Å². The summed E-state index contributed by atoms with van der Waals surface area (Å²) in [6, 6.07) is 0. The van der Waals surface area contributed by atoms with Crippen LogP contribution in [0.4, 0.5) is 0 Å². The molecule has 68 valence electrons. The number of rotatable bonds is 4.